The molecule has 1 saturated carbocycles. The van der Waals surface area contributed by atoms with Gasteiger partial charge in [-0.3, -0.25) is 4.79 Å². The lowest BCUT2D eigenvalue weighted by Crippen LogP contribution is -2.60. The number of halogens is 2. The molecule has 0 aromatic heterocycles. The van der Waals surface area contributed by atoms with Crippen LogP contribution >= 0.6 is 27.5 Å². The van der Waals surface area contributed by atoms with Gasteiger partial charge in [0.1, 0.15) is 0 Å². The van der Waals surface area contributed by atoms with Crippen LogP contribution in [0.25, 0.3) is 0 Å². The number of likely N-dealkylation sites (tertiary alicyclic amines) is 1. The number of carbonyl (C=O) groups excluding carboxylic acids is 1. The molecule has 2 fully saturated rings. The zero-order valence-corrected chi connectivity index (χ0v) is 15.8. The summed E-state index contributed by atoms with van der Waals surface area (Å²) in [6, 6.07) is 6.02. The predicted molar refractivity (Wildman–Crippen MR) is 95.8 cm³/mol. The zero-order valence-electron chi connectivity index (χ0n) is 13.5. The number of methoxy groups -OCH3 is 1. The third-order valence-corrected chi connectivity index (χ3v) is 6.18. The number of rotatable bonds is 4. The minimum atomic E-state index is -0.252. The molecule has 1 heterocycles. The quantitative estimate of drug-likeness (QED) is 0.739. The summed E-state index contributed by atoms with van der Waals surface area (Å²) in [4.78, 5) is 14.6. The molecule has 1 aliphatic carbocycles. The Kier molecular flexibility index (Phi) is 5.34. The standard InChI is InChI=1S/C18H23BrClNO2/c1-23-16-5-2-3-9-18(16,21-10-4-6-17(21)22)12-13-7-8-14(19)11-15(13)20/h7-8,11,16H,2-6,9-10,12H2,1H3. The van der Waals surface area contributed by atoms with Crippen LogP contribution in [0, 0.1) is 0 Å². The normalized spacial score (nSPS) is 28.4. The fourth-order valence-corrected chi connectivity index (χ4v) is 4.99. The highest BCUT2D eigenvalue weighted by Gasteiger charge is 2.49. The van der Waals surface area contributed by atoms with Crippen LogP contribution in [0.5, 0.6) is 0 Å². The van der Waals surface area contributed by atoms with Crippen molar-refractivity contribution in [1.82, 2.24) is 4.90 Å². The van der Waals surface area contributed by atoms with Gasteiger partial charge in [0.15, 0.2) is 0 Å². The zero-order chi connectivity index (χ0) is 16.4. The van der Waals surface area contributed by atoms with Crippen molar-refractivity contribution in [3.8, 4) is 0 Å². The Hall–Kier alpha value is -0.580. The van der Waals surface area contributed by atoms with E-state index < -0.39 is 0 Å². The van der Waals surface area contributed by atoms with Crippen LogP contribution in [0.15, 0.2) is 22.7 Å². The Morgan fingerprint density at radius 3 is 2.87 bits per heavy atom. The molecule has 1 aromatic rings. The third-order valence-electron chi connectivity index (χ3n) is 5.33. The second kappa shape index (κ2) is 7.12. The summed E-state index contributed by atoms with van der Waals surface area (Å²) in [6.07, 6.45) is 6.76. The third kappa shape index (κ3) is 3.31. The summed E-state index contributed by atoms with van der Waals surface area (Å²) in [5.41, 5.74) is 0.844. The molecule has 0 bridgehead atoms. The van der Waals surface area contributed by atoms with E-state index in [0.29, 0.717) is 6.42 Å². The first-order valence-corrected chi connectivity index (χ1v) is 9.51. The Morgan fingerprint density at radius 1 is 1.39 bits per heavy atom. The van der Waals surface area contributed by atoms with Gasteiger partial charge in [-0.1, -0.05) is 46.4 Å². The summed E-state index contributed by atoms with van der Waals surface area (Å²) in [5.74, 6) is 0.266. The number of benzene rings is 1. The molecule has 0 N–H and O–H groups in total. The lowest BCUT2D eigenvalue weighted by Gasteiger charge is -2.49. The highest BCUT2D eigenvalue weighted by atomic mass is 79.9. The van der Waals surface area contributed by atoms with Gasteiger partial charge in [0.25, 0.3) is 0 Å². The van der Waals surface area contributed by atoms with Gasteiger partial charge < -0.3 is 9.64 Å². The van der Waals surface area contributed by atoms with Gasteiger partial charge >= 0.3 is 0 Å². The fraction of sp³-hybridized carbons (Fsp3) is 0.611. The van der Waals surface area contributed by atoms with Crippen LogP contribution in [0.4, 0.5) is 0 Å². The first kappa shape index (κ1) is 17.2. The molecule has 126 valence electrons. The van der Waals surface area contributed by atoms with E-state index in [4.69, 9.17) is 16.3 Å². The van der Waals surface area contributed by atoms with Crippen molar-refractivity contribution < 1.29 is 9.53 Å². The minimum Gasteiger partial charge on any atom is -0.379 e. The van der Waals surface area contributed by atoms with Crippen molar-refractivity contribution in [3.63, 3.8) is 0 Å². The van der Waals surface area contributed by atoms with Crippen LogP contribution in [0.3, 0.4) is 0 Å². The van der Waals surface area contributed by atoms with Crippen LogP contribution in [0.2, 0.25) is 5.02 Å². The lowest BCUT2D eigenvalue weighted by molar-refractivity contribution is -0.143. The molecule has 23 heavy (non-hydrogen) atoms. The molecular formula is C18H23BrClNO2. The lowest BCUT2D eigenvalue weighted by atomic mass is 9.73. The van der Waals surface area contributed by atoms with Crippen molar-refractivity contribution >= 4 is 33.4 Å². The molecule has 2 aliphatic rings. The van der Waals surface area contributed by atoms with Crippen molar-refractivity contribution in [1.29, 1.82) is 0 Å². The molecule has 2 unspecified atom stereocenters. The molecule has 0 spiro atoms. The average Bonchev–Trinajstić information content (AvgIpc) is 2.97. The molecule has 3 rings (SSSR count). The van der Waals surface area contributed by atoms with E-state index in [0.717, 1.165) is 60.1 Å². The van der Waals surface area contributed by atoms with Gasteiger partial charge in [-0.2, -0.15) is 0 Å². The number of hydrogen-bond donors (Lipinski definition) is 0. The maximum atomic E-state index is 12.5. The number of amides is 1. The van der Waals surface area contributed by atoms with Crippen molar-refractivity contribution in [2.24, 2.45) is 0 Å². The summed E-state index contributed by atoms with van der Waals surface area (Å²) in [6.45, 7) is 0.840. The minimum absolute atomic E-state index is 0.0815. The maximum Gasteiger partial charge on any atom is 0.223 e. The van der Waals surface area contributed by atoms with Gasteiger partial charge in [0.2, 0.25) is 5.91 Å². The number of ether oxygens (including phenoxy) is 1. The highest BCUT2D eigenvalue weighted by molar-refractivity contribution is 9.10. The van der Waals surface area contributed by atoms with E-state index in [1.54, 1.807) is 7.11 Å². The first-order valence-electron chi connectivity index (χ1n) is 8.34. The van der Waals surface area contributed by atoms with Gasteiger partial charge in [0.05, 0.1) is 11.6 Å². The van der Waals surface area contributed by atoms with Crippen LogP contribution in [-0.2, 0) is 16.0 Å². The van der Waals surface area contributed by atoms with E-state index in [1.807, 2.05) is 12.1 Å². The van der Waals surface area contributed by atoms with E-state index in [2.05, 4.69) is 26.9 Å². The summed E-state index contributed by atoms with van der Waals surface area (Å²) in [5, 5.41) is 0.755. The van der Waals surface area contributed by atoms with E-state index in [-0.39, 0.29) is 17.6 Å². The number of nitrogens with zero attached hydrogens (tertiary/aromatic N) is 1. The topological polar surface area (TPSA) is 29.5 Å². The first-order chi connectivity index (χ1) is 11.1. The largest absolute Gasteiger partial charge is 0.379 e. The molecule has 0 radical (unpaired) electrons. The van der Waals surface area contributed by atoms with Crippen LogP contribution < -0.4 is 0 Å². The predicted octanol–water partition coefficient (Wildman–Crippen LogP) is 4.60. The summed E-state index contributed by atoms with van der Waals surface area (Å²) >= 11 is 9.93. The molecule has 1 aliphatic heterocycles. The van der Waals surface area contributed by atoms with Gasteiger partial charge in [-0.25, -0.2) is 0 Å². The van der Waals surface area contributed by atoms with Gasteiger partial charge in [-0.05, 0) is 43.4 Å². The van der Waals surface area contributed by atoms with Gasteiger partial charge in [0, 0.05) is 29.6 Å². The van der Waals surface area contributed by atoms with E-state index in [9.17, 15) is 4.79 Å². The molecule has 3 nitrogen and oxygen atoms in total. The molecular weight excluding hydrogens is 378 g/mol. The van der Waals surface area contributed by atoms with Crippen molar-refractivity contribution in [3.05, 3.63) is 33.3 Å². The molecule has 2 atom stereocenters. The Labute approximate surface area is 151 Å². The molecule has 1 aromatic carbocycles. The molecule has 1 amide bonds. The number of carbonyl (C=O) groups is 1. The summed E-state index contributed by atoms with van der Waals surface area (Å²) in [7, 11) is 1.77. The van der Waals surface area contributed by atoms with E-state index in [1.165, 1.54) is 0 Å². The van der Waals surface area contributed by atoms with Crippen molar-refractivity contribution in [2.45, 2.75) is 56.6 Å². The van der Waals surface area contributed by atoms with Gasteiger partial charge in [-0.15, -0.1) is 0 Å². The number of hydrogen-bond acceptors (Lipinski definition) is 2. The maximum absolute atomic E-state index is 12.5. The Balaban J connectivity index is 1.99. The van der Waals surface area contributed by atoms with E-state index >= 15 is 0 Å². The second-order valence-corrected chi connectivity index (χ2v) is 7.96. The van der Waals surface area contributed by atoms with Crippen molar-refractivity contribution in [2.75, 3.05) is 13.7 Å². The second-order valence-electron chi connectivity index (χ2n) is 6.64. The SMILES string of the molecule is COC1CCCCC1(Cc1ccc(Br)cc1Cl)N1CCCC1=O. The summed E-state index contributed by atoms with van der Waals surface area (Å²) < 4.78 is 6.83. The average molecular weight is 401 g/mol. The molecule has 1 saturated heterocycles. The fourth-order valence-electron chi connectivity index (χ4n) is 4.25. The smallest absolute Gasteiger partial charge is 0.223 e. The highest BCUT2D eigenvalue weighted by Crippen LogP contribution is 2.41. The monoisotopic (exact) mass is 399 g/mol. The van der Waals surface area contributed by atoms with Crippen LogP contribution in [-0.4, -0.2) is 36.1 Å². The Bertz CT molecular complexity index is 594. The molecule has 5 heteroatoms. The van der Waals surface area contributed by atoms with Crippen LogP contribution in [0.1, 0.15) is 44.1 Å². The Morgan fingerprint density at radius 2 is 2.22 bits per heavy atom.